The maximum Gasteiger partial charge on any atom is 0.270 e. The van der Waals surface area contributed by atoms with E-state index in [1.165, 1.54) is 11.3 Å². The molecular formula is C23H21N3O2S. The number of aromatic nitrogens is 2. The van der Waals surface area contributed by atoms with Crippen molar-refractivity contribution in [2.75, 3.05) is 11.5 Å². The molecule has 0 atom stereocenters. The number of pyridine rings is 1. The third-order valence-electron chi connectivity index (χ3n) is 4.42. The standard InChI is InChI=1S/C23H21N3O2S/c1-4-28-21-18(8-7-11-24-21)22(27)26(17-13-15(2)12-16(3)14-17)23-25-19-9-5-6-10-20(19)29-23/h5-14H,4H2,1-3H3. The molecule has 5 nitrogen and oxygen atoms in total. The molecule has 0 aliphatic heterocycles. The largest absolute Gasteiger partial charge is 0.477 e. The van der Waals surface area contributed by atoms with Crippen molar-refractivity contribution in [3.05, 3.63) is 77.5 Å². The summed E-state index contributed by atoms with van der Waals surface area (Å²) in [5.41, 5.74) is 4.21. The number of carbonyl (C=O) groups is 1. The summed E-state index contributed by atoms with van der Waals surface area (Å²) in [5, 5.41) is 0.618. The molecular weight excluding hydrogens is 382 g/mol. The third-order valence-corrected chi connectivity index (χ3v) is 5.45. The zero-order chi connectivity index (χ0) is 20.4. The van der Waals surface area contributed by atoms with Crippen LogP contribution in [0.1, 0.15) is 28.4 Å². The smallest absolute Gasteiger partial charge is 0.270 e. The quantitative estimate of drug-likeness (QED) is 0.430. The van der Waals surface area contributed by atoms with Gasteiger partial charge in [0.2, 0.25) is 5.88 Å². The Labute approximate surface area is 173 Å². The van der Waals surface area contributed by atoms with Crippen molar-refractivity contribution in [3.63, 3.8) is 0 Å². The van der Waals surface area contributed by atoms with Crippen molar-refractivity contribution in [1.82, 2.24) is 9.97 Å². The van der Waals surface area contributed by atoms with Gasteiger partial charge in [-0.3, -0.25) is 9.69 Å². The molecule has 2 heterocycles. The van der Waals surface area contributed by atoms with Crippen LogP contribution in [-0.4, -0.2) is 22.5 Å². The molecule has 0 fully saturated rings. The Hall–Kier alpha value is -3.25. The Bertz CT molecular complexity index is 1130. The molecule has 4 rings (SSSR count). The second-order valence-corrected chi connectivity index (χ2v) is 7.75. The van der Waals surface area contributed by atoms with E-state index < -0.39 is 0 Å². The summed E-state index contributed by atoms with van der Waals surface area (Å²) in [7, 11) is 0. The van der Waals surface area contributed by atoms with Crippen LogP contribution in [0.15, 0.2) is 60.8 Å². The summed E-state index contributed by atoms with van der Waals surface area (Å²) < 4.78 is 6.64. The number of anilines is 2. The van der Waals surface area contributed by atoms with Gasteiger partial charge in [-0.15, -0.1) is 0 Å². The summed E-state index contributed by atoms with van der Waals surface area (Å²) in [6.07, 6.45) is 1.63. The van der Waals surface area contributed by atoms with E-state index in [2.05, 4.69) is 11.1 Å². The number of aryl methyl sites for hydroxylation is 2. The summed E-state index contributed by atoms with van der Waals surface area (Å²) in [6, 6.07) is 17.4. The van der Waals surface area contributed by atoms with Gasteiger partial charge in [0.25, 0.3) is 5.91 Å². The van der Waals surface area contributed by atoms with Crippen LogP contribution < -0.4 is 9.64 Å². The van der Waals surface area contributed by atoms with Gasteiger partial charge >= 0.3 is 0 Å². The summed E-state index contributed by atoms with van der Waals surface area (Å²) >= 11 is 1.49. The molecule has 0 bridgehead atoms. The van der Waals surface area contributed by atoms with E-state index in [1.54, 1.807) is 23.2 Å². The highest BCUT2D eigenvalue weighted by Crippen LogP contribution is 2.36. The monoisotopic (exact) mass is 403 g/mol. The van der Waals surface area contributed by atoms with Gasteiger partial charge < -0.3 is 4.74 Å². The van der Waals surface area contributed by atoms with Crippen molar-refractivity contribution < 1.29 is 9.53 Å². The van der Waals surface area contributed by atoms with Crippen molar-refractivity contribution >= 4 is 38.3 Å². The molecule has 6 heteroatoms. The zero-order valence-electron chi connectivity index (χ0n) is 16.5. The predicted octanol–water partition coefficient (Wildman–Crippen LogP) is 5.69. The molecule has 0 radical (unpaired) electrons. The second-order valence-electron chi connectivity index (χ2n) is 6.74. The van der Waals surface area contributed by atoms with Crippen LogP contribution in [0.3, 0.4) is 0 Å². The van der Waals surface area contributed by atoms with Gasteiger partial charge in [0.1, 0.15) is 5.56 Å². The predicted molar refractivity (Wildman–Crippen MR) is 117 cm³/mol. The number of rotatable bonds is 5. The summed E-state index contributed by atoms with van der Waals surface area (Å²) in [6.45, 7) is 6.35. The van der Waals surface area contributed by atoms with Gasteiger partial charge in [-0.2, -0.15) is 0 Å². The van der Waals surface area contributed by atoms with Gasteiger partial charge in [-0.25, -0.2) is 9.97 Å². The van der Waals surface area contributed by atoms with Crippen molar-refractivity contribution in [2.45, 2.75) is 20.8 Å². The fraction of sp³-hybridized carbons (Fsp3) is 0.174. The molecule has 2 aromatic carbocycles. The molecule has 4 aromatic rings. The average molecular weight is 404 g/mol. The van der Waals surface area contributed by atoms with Crippen LogP contribution in [-0.2, 0) is 0 Å². The van der Waals surface area contributed by atoms with E-state index in [4.69, 9.17) is 9.72 Å². The number of nitrogens with zero attached hydrogens (tertiary/aromatic N) is 3. The van der Waals surface area contributed by atoms with Gasteiger partial charge in [0.05, 0.1) is 22.5 Å². The maximum atomic E-state index is 13.7. The number of thiazole rings is 1. The number of benzene rings is 2. The fourth-order valence-electron chi connectivity index (χ4n) is 3.28. The average Bonchev–Trinajstić information content (AvgIpc) is 3.11. The minimum Gasteiger partial charge on any atom is -0.477 e. The molecule has 0 unspecified atom stereocenters. The highest BCUT2D eigenvalue weighted by molar-refractivity contribution is 7.22. The lowest BCUT2D eigenvalue weighted by Crippen LogP contribution is -2.27. The number of carbonyl (C=O) groups excluding carboxylic acids is 1. The first-order chi connectivity index (χ1) is 14.1. The Morgan fingerprint density at radius 3 is 2.55 bits per heavy atom. The van der Waals surface area contributed by atoms with Gasteiger partial charge in [-0.1, -0.05) is 29.5 Å². The number of hydrogen-bond donors (Lipinski definition) is 0. The minimum absolute atomic E-state index is 0.217. The van der Waals surface area contributed by atoms with E-state index in [0.29, 0.717) is 23.2 Å². The molecule has 0 aliphatic carbocycles. The van der Waals surface area contributed by atoms with Crippen molar-refractivity contribution in [3.8, 4) is 5.88 Å². The molecule has 29 heavy (non-hydrogen) atoms. The van der Waals surface area contributed by atoms with Gasteiger partial charge in [0.15, 0.2) is 5.13 Å². The molecule has 146 valence electrons. The van der Waals surface area contributed by atoms with Gasteiger partial charge in [0, 0.05) is 6.20 Å². The Balaban J connectivity index is 1.89. The van der Waals surface area contributed by atoms with Gasteiger partial charge in [-0.05, 0) is 68.3 Å². The van der Waals surface area contributed by atoms with E-state index in [1.807, 2.05) is 57.2 Å². The Kier molecular flexibility index (Phi) is 5.27. The van der Waals surface area contributed by atoms with E-state index in [9.17, 15) is 4.79 Å². The lowest BCUT2D eigenvalue weighted by Gasteiger charge is -2.22. The SMILES string of the molecule is CCOc1ncccc1C(=O)N(c1cc(C)cc(C)c1)c1nc2ccccc2s1. The molecule has 0 saturated carbocycles. The lowest BCUT2D eigenvalue weighted by molar-refractivity contribution is 0.0994. The van der Waals surface area contributed by atoms with E-state index in [-0.39, 0.29) is 5.91 Å². The molecule has 0 N–H and O–H groups in total. The first kappa shape index (κ1) is 19.1. The Morgan fingerprint density at radius 2 is 1.83 bits per heavy atom. The zero-order valence-corrected chi connectivity index (χ0v) is 17.4. The molecule has 0 spiro atoms. The number of amides is 1. The van der Waals surface area contributed by atoms with E-state index >= 15 is 0 Å². The lowest BCUT2D eigenvalue weighted by atomic mass is 10.1. The topological polar surface area (TPSA) is 55.3 Å². The van der Waals surface area contributed by atoms with Crippen LogP contribution >= 0.6 is 11.3 Å². The number of para-hydroxylation sites is 1. The van der Waals surface area contributed by atoms with Crippen LogP contribution in [0.4, 0.5) is 10.8 Å². The van der Waals surface area contributed by atoms with Crippen LogP contribution in [0.5, 0.6) is 5.88 Å². The summed E-state index contributed by atoms with van der Waals surface area (Å²) in [5.74, 6) is 0.112. The highest BCUT2D eigenvalue weighted by Gasteiger charge is 2.26. The molecule has 0 saturated heterocycles. The Morgan fingerprint density at radius 1 is 1.07 bits per heavy atom. The van der Waals surface area contributed by atoms with Crippen LogP contribution in [0, 0.1) is 13.8 Å². The number of ether oxygens (including phenoxy) is 1. The molecule has 2 aromatic heterocycles. The summed E-state index contributed by atoms with van der Waals surface area (Å²) in [4.78, 5) is 24.4. The van der Waals surface area contributed by atoms with Crippen LogP contribution in [0.25, 0.3) is 10.2 Å². The second kappa shape index (κ2) is 8.01. The molecule has 1 amide bonds. The number of hydrogen-bond acceptors (Lipinski definition) is 5. The minimum atomic E-state index is -0.217. The normalized spacial score (nSPS) is 10.9. The first-order valence-electron chi connectivity index (χ1n) is 9.43. The van der Waals surface area contributed by atoms with Crippen LogP contribution in [0.2, 0.25) is 0 Å². The fourth-order valence-corrected chi connectivity index (χ4v) is 4.26. The molecule has 0 aliphatic rings. The maximum absolute atomic E-state index is 13.7. The van der Waals surface area contributed by atoms with E-state index in [0.717, 1.165) is 27.0 Å². The first-order valence-corrected chi connectivity index (χ1v) is 10.2. The number of fused-ring (bicyclic) bond motifs is 1. The van der Waals surface area contributed by atoms with Crippen molar-refractivity contribution in [2.24, 2.45) is 0 Å². The third kappa shape index (κ3) is 3.84. The van der Waals surface area contributed by atoms with Crippen molar-refractivity contribution in [1.29, 1.82) is 0 Å². The highest BCUT2D eigenvalue weighted by atomic mass is 32.1.